The highest BCUT2D eigenvalue weighted by molar-refractivity contribution is 7.80. The molecule has 0 atom stereocenters. The maximum absolute atomic E-state index is 12.1. The molecule has 6 heteroatoms. The summed E-state index contributed by atoms with van der Waals surface area (Å²) < 4.78 is 0. The third-order valence-corrected chi connectivity index (χ3v) is 2.71. The summed E-state index contributed by atoms with van der Waals surface area (Å²) in [5.74, 6) is -0.588. The van der Waals surface area contributed by atoms with E-state index in [-0.39, 0.29) is 23.0 Å². The number of hydrogen-bond donors (Lipinski definition) is 3. The van der Waals surface area contributed by atoms with Crippen molar-refractivity contribution >= 4 is 23.1 Å². The molecule has 4 N–H and O–H groups in total. The Kier molecular flexibility index (Phi) is 4.91. The highest BCUT2D eigenvalue weighted by Crippen LogP contribution is 2.23. The van der Waals surface area contributed by atoms with Gasteiger partial charge < -0.3 is 20.8 Å². The molecule has 1 amide bonds. The quantitative estimate of drug-likeness (QED) is 0.552. The molecule has 1 rings (SSSR count). The Balaban J connectivity index is 2.89. The molecule has 0 spiro atoms. The van der Waals surface area contributed by atoms with Gasteiger partial charge in [-0.25, -0.2) is 0 Å². The van der Waals surface area contributed by atoms with Crippen molar-refractivity contribution in [1.82, 2.24) is 4.90 Å². The first-order valence-corrected chi connectivity index (χ1v) is 5.96. The summed E-state index contributed by atoms with van der Waals surface area (Å²) in [6.07, 6.45) is 0.425. The highest BCUT2D eigenvalue weighted by atomic mass is 32.1. The largest absolute Gasteiger partial charge is 0.508 e. The van der Waals surface area contributed by atoms with Crippen molar-refractivity contribution in [2.45, 2.75) is 13.3 Å². The lowest BCUT2D eigenvalue weighted by Gasteiger charge is -2.21. The number of amides is 1. The molecule has 1 aromatic carbocycles. The van der Waals surface area contributed by atoms with Gasteiger partial charge in [-0.15, -0.1) is 0 Å². The summed E-state index contributed by atoms with van der Waals surface area (Å²) in [5.41, 5.74) is 5.46. The molecule has 0 radical (unpaired) electrons. The van der Waals surface area contributed by atoms with Crippen LogP contribution in [-0.4, -0.2) is 39.1 Å². The van der Waals surface area contributed by atoms with Crippen LogP contribution in [-0.2, 0) is 0 Å². The van der Waals surface area contributed by atoms with Crippen LogP contribution in [0.15, 0.2) is 18.2 Å². The Morgan fingerprint density at radius 3 is 2.67 bits per heavy atom. The molecule has 0 aliphatic heterocycles. The van der Waals surface area contributed by atoms with Gasteiger partial charge in [0.1, 0.15) is 11.5 Å². The molecule has 0 saturated carbocycles. The predicted octanol–water partition coefficient (Wildman–Crippen LogP) is 1.24. The van der Waals surface area contributed by atoms with Gasteiger partial charge in [0, 0.05) is 19.5 Å². The van der Waals surface area contributed by atoms with Crippen molar-refractivity contribution < 1.29 is 15.0 Å². The van der Waals surface area contributed by atoms with E-state index in [1.165, 1.54) is 23.1 Å². The molecule has 98 valence electrons. The topological polar surface area (TPSA) is 86.8 Å². The van der Waals surface area contributed by atoms with Crippen molar-refractivity contribution in [2.24, 2.45) is 5.73 Å². The Hall–Kier alpha value is -1.82. The normalized spacial score (nSPS) is 10.1. The molecule has 0 aromatic heterocycles. The minimum atomic E-state index is -0.359. The van der Waals surface area contributed by atoms with Gasteiger partial charge in [0.15, 0.2) is 0 Å². The van der Waals surface area contributed by atoms with Gasteiger partial charge in [0.05, 0.1) is 10.6 Å². The number of nitrogens with zero attached hydrogens (tertiary/aromatic N) is 1. The molecule has 0 saturated heterocycles. The number of nitrogens with two attached hydrogens (primary N) is 1. The van der Waals surface area contributed by atoms with Crippen LogP contribution in [0.3, 0.4) is 0 Å². The van der Waals surface area contributed by atoms with Crippen LogP contribution in [0.1, 0.15) is 23.7 Å². The zero-order valence-corrected chi connectivity index (χ0v) is 10.9. The summed E-state index contributed by atoms with van der Waals surface area (Å²) in [4.78, 5) is 14.0. The Morgan fingerprint density at radius 2 is 2.11 bits per heavy atom. The van der Waals surface area contributed by atoms with Crippen molar-refractivity contribution in [3.05, 3.63) is 23.8 Å². The van der Waals surface area contributed by atoms with E-state index in [1.807, 2.05) is 6.92 Å². The van der Waals surface area contributed by atoms with Crippen LogP contribution < -0.4 is 5.73 Å². The molecule has 0 aliphatic carbocycles. The van der Waals surface area contributed by atoms with E-state index in [0.29, 0.717) is 24.5 Å². The minimum absolute atomic E-state index is 0.0680. The predicted molar refractivity (Wildman–Crippen MR) is 72.8 cm³/mol. The number of phenols is 2. The molecule has 0 fully saturated rings. The Morgan fingerprint density at radius 1 is 1.44 bits per heavy atom. The summed E-state index contributed by atoms with van der Waals surface area (Å²) in [6.45, 7) is 2.67. The van der Waals surface area contributed by atoms with Crippen molar-refractivity contribution in [2.75, 3.05) is 13.1 Å². The number of phenolic OH excluding ortho intramolecular Hbond substituents is 2. The van der Waals surface area contributed by atoms with Gasteiger partial charge in [-0.05, 0) is 25.1 Å². The van der Waals surface area contributed by atoms with Crippen LogP contribution in [0.4, 0.5) is 0 Å². The third-order valence-electron chi connectivity index (χ3n) is 2.51. The highest BCUT2D eigenvalue weighted by Gasteiger charge is 2.18. The van der Waals surface area contributed by atoms with Crippen molar-refractivity contribution in [3.63, 3.8) is 0 Å². The molecule has 0 unspecified atom stereocenters. The minimum Gasteiger partial charge on any atom is -0.508 e. The van der Waals surface area contributed by atoms with Crippen LogP contribution in [0, 0.1) is 0 Å². The zero-order chi connectivity index (χ0) is 13.7. The summed E-state index contributed by atoms with van der Waals surface area (Å²) in [6, 6.07) is 3.84. The Bertz CT molecular complexity index is 463. The summed E-state index contributed by atoms with van der Waals surface area (Å²) in [5, 5.41) is 19.0. The van der Waals surface area contributed by atoms with E-state index in [1.54, 1.807) is 0 Å². The van der Waals surface area contributed by atoms with Gasteiger partial charge in [-0.1, -0.05) is 12.2 Å². The smallest absolute Gasteiger partial charge is 0.257 e. The lowest BCUT2D eigenvalue weighted by molar-refractivity contribution is 0.0765. The second kappa shape index (κ2) is 6.20. The van der Waals surface area contributed by atoms with Crippen LogP contribution in [0.5, 0.6) is 11.5 Å². The standard InChI is InChI=1S/C12H16N2O3S/c1-2-14(6-5-11(13)18)12(17)9-7-8(15)3-4-10(9)16/h3-4,7,15-16H,2,5-6H2,1H3,(H2,13,18). The monoisotopic (exact) mass is 268 g/mol. The Labute approximate surface area is 111 Å². The van der Waals surface area contributed by atoms with E-state index in [9.17, 15) is 15.0 Å². The lowest BCUT2D eigenvalue weighted by Crippen LogP contribution is -2.33. The average molecular weight is 268 g/mol. The third kappa shape index (κ3) is 3.59. The van der Waals surface area contributed by atoms with Gasteiger partial charge in [0.25, 0.3) is 5.91 Å². The van der Waals surface area contributed by atoms with Crippen LogP contribution in [0.2, 0.25) is 0 Å². The second-order valence-electron chi connectivity index (χ2n) is 3.80. The molecular weight excluding hydrogens is 252 g/mol. The zero-order valence-electron chi connectivity index (χ0n) is 10.1. The number of thiocarbonyl (C=S) groups is 1. The first-order valence-electron chi connectivity index (χ1n) is 5.55. The summed E-state index contributed by atoms with van der Waals surface area (Å²) in [7, 11) is 0. The molecule has 5 nitrogen and oxygen atoms in total. The van der Waals surface area contributed by atoms with E-state index in [2.05, 4.69) is 0 Å². The fraction of sp³-hybridized carbons (Fsp3) is 0.333. The van der Waals surface area contributed by atoms with Crippen molar-refractivity contribution in [1.29, 1.82) is 0 Å². The molecule has 1 aromatic rings. The maximum Gasteiger partial charge on any atom is 0.257 e. The number of benzene rings is 1. The van der Waals surface area contributed by atoms with E-state index in [0.717, 1.165) is 0 Å². The van der Waals surface area contributed by atoms with Crippen LogP contribution in [0.25, 0.3) is 0 Å². The maximum atomic E-state index is 12.1. The number of aromatic hydroxyl groups is 2. The van der Waals surface area contributed by atoms with E-state index < -0.39 is 0 Å². The molecular formula is C12H16N2O3S. The number of hydrogen-bond acceptors (Lipinski definition) is 4. The van der Waals surface area contributed by atoms with Crippen molar-refractivity contribution in [3.8, 4) is 11.5 Å². The molecule has 0 bridgehead atoms. The number of carbonyl (C=O) groups excluding carboxylic acids is 1. The van der Waals surface area contributed by atoms with Crippen LogP contribution >= 0.6 is 12.2 Å². The second-order valence-corrected chi connectivity index (χ2v) is 4.33. The van der Waals surface area contributed by atoms with Gasteiger partial charge in [-0.3, -0.25) is 4.79 Å². The van der Waals surface area contributed by atoms with E-state index >= 15 is 0 Å². The van der Waals surface area contributed by atoms with E-state index in [4.69, 9.17) is 18.0 Å². The fourth-order valence-electron chi connectivity index (χ4n) is 1.51. The fourth-order valence-corrected chi connectivity index (χ4v) is 1.61. The first-order chi connectivity index (χ1) is 8.45. The number of carbonyl (C=O) groups is 1. The lowest BCUT2D eigenvalue weighted by atomic mass is 10.1. The SMILES string of the molecule is CCN(CCC(N)=S)C(=O)c1cc(O)ccc1O. The molecule has 0 heterocycles. The summed E-state index contributed by atoms with van der Waals surface area (Å²) >= 11 is 4.76. The first kappa shape index (κ1) is 14.2. The van der Waals surface area contributed by atoms with Gasteiger partial charge in [-0.2, -0.15) is 0 Å². The average Bonchev–Trinajstić information content (AvgIpc) is 2.32. The van der Waals surface area contributed by atoms with Gasteiger partial charge in [0.2, 0.25) is 0 Å². The molecule has 0 aliphatic rings. The van der Waals surface area contributed by atoms with Gasteiger partial charge >= 0.3 is 0 Å². The number of rotatable bonds is 5. The molecule has 18 heavy (non-hydrogen) atoms.